The molecule has 17 heavy (non-hydrogen) atoms. The summed E-state index contributed by atoms with van der Waals surface area (Å²) < 4.78 is 0. The predicted molar refractivity (Wildman–Crippen MR) is 64.2 cm³/mol. The maximum atomic E-state index is 11.5. The van der Waals surface area contributed by atoms with Crippen LogP contribution in [0.4, 0.5) is 5.69 Å². The van der Waals surface area contributed by atoms with Crippen LogP contribution in [0.2, 0.25) is 5.02 Å². The number of carbonyl (C=O) groups excluding carboxylic acids is 1. The zero-order chi connectivity index (χ0) is 12.4. The summed E-state index contributed by atoms with van der Waals surface area (Å²) in [7, 11) is 0. The van der Waals surface area contributed by atoms with E-state index in [4.69, 9.17) is 11.6 Å². The third-order valence-corrected chi connectivity index (χ3v) is 3.15. The molecule has 0 bridgehead atoms. The first kappa shape index (κ1) is 12.0. The maximum absolute atomic E-state index is 11.5. The minimum atomic E-state index is -0.456. The summed E-state index contributed by atoms with van der Waals surface area (Å²) in [5.74, 6) is 0.426. The van der Waals surface area contributed by atoms with Crippen LogP contribution in [-0.2, 0) is 11.2 Å². The molecule has 4 nitrogen and oxygen atoms in total. The van der Waals surface area contributed by atoms with Gasteiger partial charge in [0.2, 0.25) is 0 Å². The minimum absolute atomic E-state index is 0.00102. The molecule has 0 heterocycles. The lowest BCUT2D eigenvalue weighted by atomic mass is 10.0. The standard InChI is InChI=1S/C12H12ClNO3/c13-10-5-3-8(11(7-10)14(16)17)4-6-12(15)9-1-2-9/h3,5,7,9H,1-2,4,6H2. The lowest BCUT2D eigenvalue weighted by Gasteiger charge is -2.02. The smallest absolute Gasteiger partial charge is 0.274 e. The van der Waals surface area contributed by atoms with Crippen LogP contribution < -0.4 is 0 Å². The van der Waals surface area contributed by atoms with Crippen molar-refractivity contribution in [1.82, 2.24) is 0 Å². The largest absolute Gasteiger partial charge is 0.299 e. The average molecular weight is 254 g/mol. The van der Waals surface area contributed by atoms with Crippen molar-refractivity contribution in [1.29, 1.82) is 0 Å². The molecule has 1 aromatic rings. The van der Waals surface area contributed by atoms with E-state index in [1.807, 2.05) is 0 Å². The Hall–Kier alpha value is -1.42. The molecule has 1 aliphatic carbocycles. The molecular formula is C12H12ClNO3. The molecule has 90 valence electrons. The summed E-state index contributed by atoms with van der Waals surface area (Å²) >= 11 is 5.71. The Balaban J connectivity index is 2.08. The van der Waals surface area contributed by atoms with E-state index in [-0.39, 0.29) is 17.4 Å². The number of hydrogen-bond donors (Lipinski definition) is 0. The molecule has 5 heteroatoms. The first-order valence-corrected chi connectivity index (χ1v) is 5.91. The minimum Gasteiger partial charge on any atom is -0.299 e. The van der Waals surface area contributed by atoms with Gasteiger partial charge >= 0.3 is 0 Å². The maximum Gasteiger partial charge on any atom is 0.274 e. The van der Waals surface area contributed by atoms with E-state index in [9.17, 15) is 14.9 Å². The van der Waals surface area contributed by atoms with Crippen molar-refractivity contribution in [3.8, 4) is 0 Å². The first-order valence-electron chi connectivity index (χ1n) is 5.53. The molecule has 0 amide bonds. The summed E-state index contributed by atoms with van der Waals surface area (Å²) in [6.45, 7) is 0. The fourth-order valence-corrected chi connectivity index (χ4v) is 1.95. The zero-order valence-corrected chi connectivity index (χ0v) is 9.94. The van der Waals surface area contributed by atoms with E-state index in [1.165, 1.54) is 6.07 Å². The van der Waals surface area contributed by atoms with Gasteiger partial charge in [-0.2, -0.15) is 0 Å². The van der Waals surface area contributed by atoms with Gasteiger partial charge in [-0.05, 0) is 25.3 Å². The molecule has 0 spiro atoms. The van der Waals surface area contributed by atoms with Crippen LogP contribution in [-0.4, -0.2) is 10.7 Å². The Morgan fingerprint density at radius 1 is 1.47 bits per heavy atom. The highest BCUT2D eigenvalue weighted by Gasteiger charge is 2.29. The molecule has 0 radical (unpaired) electrons. The molecule has 1 fully saturated rings. The van der Waals surface area contributed by atoms with Gasteiger partial charge < -0.3 is 0 Å². The number of halogens is 1. The molecule has 0 unspecified atom stereocenters. The lowest BCUT2D eigenvalue weighted by molar-refractivity contribution is -0.385. The van der Waals surface area contributed by atoms with Crippen LogP contribution >= 0.6 is 11.6 Å². The van der Waals surface area contributed by atoms with Gasteiger partial charge in [-0.15, -0.1) is 0 Å². The number of Topliss-reactive ketones (excluding diaryl/α,β-unsaturated/α-hetero) is 1. The summed E-state index contributed by atoms with van der Waals surface area (Å²) in [4.78, 5) is 21.9. The van der Waals surface area contributed by atoms with Crippen LogP contribution in [0.1, 0.15) is 24.8 Å². The molecule has 0 aliphatic heterocycles. The molecule has 0 aromatic heterocycles. The summed E-state index contributed by atoms with van der Waals surface area (Å²) in [5.41, 5.74) is 0.578. The van der Waals surface area contributed by atoms with Crippen LogP contribution in [0, 0.1) is 16.0 Å². The Bertz CT molecular complexity index is 469. The van der Waals surface area contributed by atoms with Gasteiger partial charge in [-0.1, -0.05) is 17.7 Å². The van der Waals surface area contributed by atoms with Crippen LogP contribution in [0.15, 0.2) is 18.2 Å². The van der Waals surface area contributed by atoms with Gasteiger partial charge in [0.1, 0.15) is 5.78 Å². The van der Waals surface area contributed by atoms with Gasteiger partial charge in [-0.3, -0.25) is 14.9 Å². The number of benzene rings is 1. The number of rotatable bonds is 5. The number of nitrogens with zero attached hydrogens (tertiary/aromatic N) is 1. The topological polar surface area (TPSA) is 60.2 Å². The molecule has 0 N–H and O–H groups in total. The third kappa shape index (κ3) is 3.03. The van der Waals surface area contributed by atoms with Gasteiger partial charge in [0.15, 0.2) is 0 Å². The van der Waals surface area contributed by atoms with Crippen LogP contribution in [0.3, 0.4) is 0 Å². The molecule has 2 rings (SSSR count). The molecule has 1 saturated carbocycles. The number of hydrogen-bond acceptors (Lipinski definition) is 3. The summed E-state index contributed by atoms with van der Waals surface area (Å²) in [5, 5.41) is 11.2. The van der Waals surface area contributed by atoms with E-state index < -0.39 is 4.92 Å². The second-order valence-electron chi connectivity index (χ2n) is 4.27. The van der Waals surface area contributed by atoms with Crippen molar-refractivity contribution < 1.29 is 9.72 Å². The van der Waals surface area contributed by atoms with Gasteiger partial charge in [0.05, 0.1) is 4.92 Å². The van der Waals surface area contributed by atoms with Crippen molar-refractivity contribution in [2.45, 2.75) is 25.7 Å². The van der Waals surface area contributed by atoms with E-state index in [2.05, 4.69) is 0 Å². The second kappa shape index (κ2) is 4.84. The van der Waals surface area contributed by atoms with Gasteiger partial charge in [-0.25, -0.2) is 0 Å². The molecular weight excluding hydrogens is 242 g/mol. The number of nitro benzene ring substituents is 1. The van der Waals surface area contributed by atoms with Crippen molar-refractivity contribution in [2.75, 3.05) is 0 Å². The molecule has 1 aromatic carbocycles. The normalized spacial score (nSPS) is 14.6. The predicted octanol–water partition coefficient (Wildman–Crippen LogP) is 3.16. The number of nitro groups is 1. The average Bonchev–Trinajstić information content (AvgIpc) is 3.10. The quantitative estimate of drug-likeness (QED) is 0.598. The van der Waals surface area contributed by atoms with E-state index in [0.717, 1.165) is 12.8 Å². The van der Waals surface area contributed by atoms with Crippen molar-refractivity contribution in [3.05, 3.63) is 38.9 Å². The number of aryl methyl sites for hydroxylation is 1. The summed E-state index contributed by atoms with van der Waals surface area (Å²) in [6, 6.07) is 4.57. The highest BCUT2D eigenvalue weighted by molar-refractivity contribution is 6.30. The van der Waals surface area contributed by atoms with Gasteiger partial charge in [0.25, 0.3) is 5.69 Å². The number of ketones is 1. The fourth-order valence-electron chi connectivity index (χ4n) is 1.79. The third-order valence-electron chi connectivity index (χ3n) is 2.92. The Morgan fingerprint density at radius 3 is 2.76 bits per heavy atom. The lowest BCUT2D eigenvalue weighted by Crippen LogP contribution is -2.03. The van der Waals surface area contributed by atoms with Crippen molar-refractivity contribution in [3.63, 3.8) is 0 Å². The van der Waals surface area contributed by atoms with Gasteiger partial charge in [0, 0.05) is 29.0 Å². The van der Waals surface area contributed by atoms with Crippen molar-refractivity contribution in [2.24, 2.45) is 5.92 Å². The SMILES string of the molecule is O=C(CCc1ccc(Cl)cc1[N+](=O)[O-])C1CC1. The Labute approximate surface area is 104 Å². The molecule has 0 atom stereocenters. The van der Waals surface area contributed by atoms with Crippen LogP contribution in [0.25, 0.3) is 0 Å². The first-order chi connectivity index (χ1) is 8.08. The highest BCUT2D eigenvalue weighted by atomic mass is 35.5. The van der Waals surface area contributed by atoms with Crippen LogP contribution in [0.5, 0.6) is 0 Å². The zero-order valence-electron chi connectivity index (χ0n) is 9.19. The highest BCUT2D eigenvalue weighted by Crippen LogP contribution is 2.32. The Morgan fingerprint density at radius 2 is 2.18 bits per heavy atom. The van der Waals surface area contributed by atoms with E-state index >= 15 is 0 Å². The summed E-state index contributed by atoms with van der Waals surface area (Å²) in [6.07, 6.45) is 2.75. The Kier molecular flexibility index (Phi) is 3.43. The number of carbonyl (C=O) groups is 1. The monoisotopic (exact) mass is 253 g/mol. The van der Waals surface area contributed by atoms with Crippen molar-refractivity contribution >= 4 is 23.1 Å². The molecule has 0 saturated heterocycles. The molecule has 1 aliphatic rings. The van der Waals surface area contributed by atoms with E-state index in [0.29, 0.717) is 23.4 Å². The fraction of sp³-hybridized carbons (Fsp3) is 0.417. The second-order valence-corrected chi connectivity index (χ2v) is 4.71. The van der Waals surface area contributed by atoms with E-state index in [1.54, 1.807) is 12.1 Å².